The highest BCUT2D eigenvalue weighted by atomic mass is 32.1. The Hall–Kier alpha value is -1.67. The summed E-state index contributed by atoms with van der Waals surface area (Å²) in [6.07, 6.45) is -1.94. The number of aromatic nitrogens is 1. The first-order valence-corrected chi connectivity index (χ1v) is 7.94. The number of methoxy groups -OCH3 is 1. The third-order valence-electron chi connectivity index (χ3n) is 3.10. The third-order valence-corrected chi connectivity index (χ3v) is 4.51. The van der Waals surface area contributed by atoms with Gasteiger partial charge in [0.1, 0.15) is 5.60 Å². The quantitative estimate of drug-likeness (QED) is 0.815. The minimum absolute atomic E-state index is 0.344. The summed E-state index contributed by atoms with van der Waals surface area (Å²) < 4.78 is 9.76. The van der Waals surface area contributed by atoms with Crippen LogP contribution in [0.4, 0.5) is 9.93 Å². The maximum Gasteiger partial charge on any atom is 0.413 e. The van der Waals surface area contributed by atoms with Crippen LogP contribution in [0.3, 0.4) is 0 Å². The number of esters is 1. The van der Waals surface area contributed by atoms with Crippen LogP contribution >= 0.6 is 11.3 Å². The molecule has 0 spiro atoms. The Kier molecular flexibility index (Phi) is 5.76. The average molecular weight is 344 g/mol. The number of nitrogens with one attached hydrogen (secondary N) is 1. The second-order valence-electron chi connectivity index (χ2n) is 6.71. The normalized spacial score (nSPS) is 13.4. The highest BCUT2D eigenvalue weighted by Gasteiger charge is 2.39. The predicted octanol–water partition coefficient (Wildman–Crippen LogP) is 2.61. The minimum atomic E-state index is -1.33. The van der Waals surface area contributed by atoms with Crippen LogP contribution in [0, 0.1) is 6.92 Å². The van der Waals surface area contributed by atoms with Gasteiger partial charge in [-0.15, -0.1) is 11.3 Å². The molecule has 0 aliphatic rings. The fraction of sp³-hybridized carbons (Fsp3) is 0.667. The molecule has 0 aromatic carbocycles. The van der Waals surface area contributed by atoms with Gasteiger partial charge in [0.25, 0.3) is 0 Å². The number of aliphatic hydroxyl groups is 1. The van der Waals surface area contributed by atoms with Gasteiger partial charge in [-0.2, -0.15) is 0 Å². The van der Waals surface area contributed by atoms with Gasteiger partial charge in [0.2, 0.25) is 0 Å². The number of ether oxygens (including phenoxy) is 2. The predicted molar refractivity (Wildman–Crippen MR) is 87.8 cm³/mol. The topological polar surface area (TPSA) is 97.8 Å². The largest absolute Gasteiger partial charge is 0.467 e. The lowest BCUT2D eigenvalue weighted by molar-refractivity contribution is -0.153. The first-order valence-electron chi connectivity index (χ1n) is 7.12. The molecule has 0 radical (unpaired) electrons. The van der Waals surface area contributed by atoms with E-state index in [9.17, 15) is 14.7 Å². The molecule has 23 heavy (non-hydrogen) atoms. The lowest BCUT2D eigenvalue weighted by Gasteiger charge is -2.27. The van der Waals surface area contributed by atoms with Gasteiger partial charge in [0.15, 0.2) is 11.2 Å². The van der Waals surface area contributed by atoms with Crippen LogP contribution in [0.1, 0.15) is 45.2 Å². The van der Waals surface area contributed by atoms with Crippen molar-refractivity contribution in [3.05, 3.63) is 10.6 Å². The molecule has 0 bridgehead atoms. The van der Waals surface area contributed by atoms with Gasteiger partial charge in [-0.25, -0.2) is 14.6 Å². The molecule has 130 valence electrons. The van der Waals surface area contributed by atoms with Crippen molar-refractivity contribution in [3.63, 3.8) is 0 Å². The van der Waals surface area contributed by atoms with Crippen LogP contribution in [0.15, 0.2) is 0 Å². The van der Waals surface area contributed by atoms with Crippen molar-refractivity contribution in [3.8, 4) is 0 Å². The second kappa shape index (κ2) is 6.84. The average Bonchev–Trinajstić information content (AvgIpc) is 2.75. The van der Waals surface area contributed by atoms with E-state index < -0.39 is 29.2 Å². The van der Waals surface area contributed by atoms with Crippen molar-refractivity contribution >= 4 is 28.5 Å². The zero-order valence-electron chi connectivity index (χ0n) is 14.5. The van der Waals surface area contributed by atoms with Gasteiger partial charge in [0, 0.05) is 10.3 Å². The molecule has 2 N–H and O–H groups in total. The Morgan fingerprint density at radius 2 is 1.83 bits per heavy atom. The van der Waals surface area contributed by atoms with E-state index in [0.717, 1.165) is 0 Å². The Balaban J connectivity index is 2.98. The van der Waals surface area contributed by atoms with Gasteiger partial charge in [-0.1, -0.05) is 13.8 Å². The van der Waals surface area contributed by atoms with Gasteiger partial charge in [0.05, 0.1) is 12.8 Å². The Morgan fingerprint density at radius 3 is 2.30 bits per heavy atom. The van der Waals surface area contributed by atoms with E-state index in [4.69, 9.17) is 4.74 Å². The maximum absolute atomic E-state index is 11.8. The van der Waals surface area contributed by atoms with Crippen molar-refractivity contribution in [1.82, 2.24) is 4.98 Å². The minimum Gasteiger partial charge on any atom is -0.467 e. The smallest absolute Gasteiger partial charge is 0.413 e. The van der Waals surface area contributed by atoms with E-state index in [2.05, 4.69) is 15.0 Å². The summed E-state index contributed by atoms with van der Waals surface area (Å²) in [5.74, 6) is -0.718. The molecular weight excluding hydrogens is 320 g/mol. The lowest BCUT2D eigenvalue weighted by Crippen LogP contribution is -2.40. The van der Waals surface area contributed by atoms with E-state index in [1.54, 1.807) is 41.5 Å². The number of amides is 1. The number of nitrogens with zero attached hydrogens (tertiary/aromatic N) is 1. The molecule has 0 saturated carbocycles. The van der Waals surface area contributed by atoms with Crippen LogP contribution in [-0.4, -0.2) is 41.0 Å². The standard InChI is InChI=1S/C15H24N2O5S/c1-8-10(15(5,6)9(18)11(19)21-7)23-12(16-8)17-13(20)22-14(2,3)4/h9,18H,1-7H3,(H,16,17,20). The summed E-state index contributed by atoms with van der Waals surface area (Å²) in [5.41, 5.74) is -0.892. The van der Waals surface area contributed by atoms with Crippen LogP contribution in [-0.2, 0) is 19.7 Å². The number of aliphatic hydroxyl groups excluding tert-OH is 1. The van der Waals surface area contributed by atoms with E-state index in [0.29, 0.717) is 15.7 Å². The van der Waals surface area contributed by atoms with Crippen molar-refractivity contribution < 1.29 is 24.2 Å². The van der Waals surface area contributed by atoms with E-state index in [1.807, 2.05) is 0 Å². The molecule has 0 aliphatic heterocycles. The molecule has 0 saturated heterocycles. The highest BCUT2D eigenvalue weighted by molar-refractivity contribution is 7.16. The summed E-state index contributed by atoms with van der Waals surface area (Å²) in [7, 11) is 1.22. The molecule has 0 aliphatic carbocycles. The molecule has 1 rings (SSSR count). The first kappa shape index (κ1) is 19.4. The summed E-state index contributed by atoms with van der Waals surface area (Å²) in [6.45, 7) is 10.5. The summed E-state index contributed by atoms with van der Waals surface area (Å²) in [5, 5.41) is 13.1. The fourth-order valence-electron chi connectivity index (χ4n) is 1.97. The second-order valence-corrected chi connectivity index (χ2v) is 7.71. The highest BCUT2D eigenvalue weighted by Crippen LogP contribution is 2.36. The number of thiazole rings is 1. The summed E-state index contributed by atoms with van der Waals surface area (Å²) in [4.78, 5) is 28.3. The van der Waals surface area contributed by atoms with Gasteiger partial charge in [-0.3, -0.25) is 5.32 Å². The van der Waals surface area contributed by atoms with Gasteiger partial charge in [-0.05, 0) is 27.7 Å². The molecule has 1 unspecified atom stereocenters. The molecule has 1 aromatic rings. The summed E-state index contributed by atoms with van der Waals surface area (Å²) in [6, 6.07) is 0. The van der Waals surface area contributed by atoms with Crippen LogP contribution in [0.2, 0.25) is 0 Å². The molecule has 0 fully saturated rings. The Morgan fingerprint density at radius 1 is 1.26 bits per heavy atom. The number of carbonyl (C=O) groups excluding carboxylic acids is 2. The van der Waals surface area contributed by atoms with Gasteiger partial charge >= 0.3 is 12.1 Å². The number of aryl methyl sites for hydroxylation is 1. The van der Waals surface area contributed by atoms with Gasteiger partial charge < -0.3 is 14.6 Å². The zero-order chi connectivity index (χ0) is 18.0. The Bertz CT molecular complexity index is 589. The molecule has 1 heterocycles. The van der Waals surface area contributed by atoms with Crippen LogP contribution < -0.4 is 5.32 Å². The number of hydrogen-bond acceptors (Lipinski definition) is 7. The zero-order valence-corrected chi connectivity index (χ0v) is 15.3. The maximum atomic E-state index is 11.8. The van der Waals surface area contributed by atoms with Crippen molar-refractivity contribution in [2.45, 2.75) is 58.7 Å². The molecule has 1 aromatic heterocycles. The van der Waals surface area contributed by atoms with E-state index in [-0.39, 0.29) is 0 Å². The number of rotatable bonds is 4. The number of carbonyl (C=O) groups is 2. The monoisotopic (exact) mass is 344 g/mol. The third kappa shape index (κ3) is 4.90. The van der Waals surface area contributed by atoms with Crippen molar-refractivity contribution in [2.75, 3.05) is 12.4 Å². The fourth-order valence-corrected chi connectivity index (χ4v) is 3.05. The first-order chi connectivity index (χ1) is 10.4. The molecule has 7 nitrogen and oxygen atoms in total. The lowest BCUT2D eigenvalue weighted by atomic mass is 9.84. The van der Waals surface area contributed by atoms with Crippen molar-refractivity contribution in [1.29, 1.82) is 0 Å². The number of anilines is 1. The summed E-state index contributed by atoms with van der Waals surface area (Å²) >= 11 is 1.19. The molecule has 1 amide bonds. The number of hydrogen-bond donors (Lipinski definition) is 2. The molecular formula is C15H24N2O5S. The van der Waals surface area contributed by atoms with E-state index in [1.165, 1.54) is 18.4 Å². The van der Waals surface area contributed by atoms with Crippen LogP contribution in [0.5, 0.6) is 0 Å². The molecule has 1 atom stereocenters. The van der Waals surface area contributed by atoms with Crippen LogP contribution in [0.25, 0.3) is 0 Å². The Labute approximate surface area is 140 Å². The SMILES string of the molecule is COC(=O)C(O)C(C)(C)c1sc(NC(=O)OC(C)(C)C)nc1C. The van der Waals surface area contributed by atoms with E-state index >= 15 is 0 Å². The van der Waals surface area contributed by atoms with Crippen molar-refractivity contribution in [2.24, 2.45) is 0 Å². The molecule has 8 heteroatoms.